The molecule has 0 saturated carbocycles. The molecule has 4 nitrogen and oxygen atoms in total. The van der Waals surface area contributed by atoms with Gasteiger partial charge in [0, 0.05) is 10.8 Å². The molecule has 0 aliphatic carbocycles. The highest BCUT2D eigenvalue weighted by Gasteiger charge is 2.15. The number of pyridine rings is 1. The molecule has 2 aromatic heterocycles. The normalized spacial score (nSPS) is 11.0. The standard InChI is InChI=1S/C16H14N2O2S/c1-8-4-9(2)15-11(5-8)12(16(19)20)6-13(18-15)14-7-21-10(3)17-14/h4-7H,1-3H3,(H,19,20). The Morgan fingerprint density at radius 2 is 1.86 bits per heavy atom. The van der Waals surface area contributed by atoms with Crippen LogP contribution in [0.25, 0.3) is 22.3 Å². The molecule has 0 spiro atoms. The average molecular weight is 298 g/mol. The van der Waals surface area contributed by atoms with Crippen molar-refractivity contribution in [2.45, 2.75) is 20.8 Å². The highest BCUT2D eigenvalue weighted by molar-refractivity contribution is 7.09. The summed E-state index contributed by atoms with van der Waals surface area (Å²) in [6.07, 6.45) is 0. The minimum absolute atomic E-state index is 0.271. The van der Waals surface area contributed by atoms with Crippen molar-refractivity contribution in [2.75, 3.05) is 0 Å². The van der Waals surface area contributed by atoms with Gasteiger partial charge in [-0.25, -0.2) is 14.8 Å². The van der Waals surface area contributed by atoms with Gasteiger partial charge in [-0.3, -0.25) is 0 Å². The minimum atomic E-state index is -0.944. The number of rotatable bonds is 2. The van der Waals surface area contributed by atoms with Gasteiger partial charge < -0.3 is 5.11 Å². The molecule has 2 heterocycles. The third-order valence-corrected chi connectivity index (χ3v) is 4.13. The predicted octanol–water partition coefficient (Wildman–Crippen LogP) is 3.98. The van der Waals surface area contributed by atoms with Crippen molar-refractivity contribution in [3.05, 3.63) is 45.3 Å². The van der Waals surface area contributed by atoms with Crippen molar-refractivity contribution in [1.82, 2.24) is 9.97 Å². The molecule has 3 aromatic rings. The van der Waals surface area contributed by atoms with Crippen molar-refractivity contribution < 1.29 is 9.90 Å². The van der Waals surface area contributed by atoms with E-state index in [1.54, 1.807) is 6.07 Å². The highest BCUT2D eigenvalue weighted by Crippen LogP contribution is 2.28. The van der Waals surface area contributed by atoms with E-state index in [1.165, 1.54) is 11.3 Å². The maximum Gasteiger partial charge on any atom is 0.336 e. The highest BCUT2D eigenvalue weighted by atomic mass is 32.1. The monoisotopic (exact) mass is 298 g/mol. The summed E-state index contributed by atoms with van der Waals surface area (Å²) < 4.78 is 0. The van der Waals surface area contributed by atoms with Crippen LogP contribution in [-0.4, -0.2) is 21.0 Å². The number of aromatic carboxylic acids is 1. The van der Waals surface area contributed by atoms with E-state index in [4.69, 9.17) is 0 Å². The van der Waals surface area contributed by atoms with Crippen LogP contribution in [0.5, 0.6) is 0 Å². The van der Waals surface area contributed by atoms with Crippen LogP contribution in [0.4, 0.5) is 0 Å². The quantitative estimate of drug-likeness (QED) is 0.777. The zero-order chi connectivity index (χ0) is 15.1. The van der Waals surface area contributed by atoms with Gasteiger partial charge in [-0.2, -0.15) is 0 Å². The van der Waals surface area contributed by atoms with Crippen molar-refractivity contribution in [2.24, 2.45) is 0 Å². The molecule has 0 fully saturated rings. The summed E-state index contributed by atoms with van der Waals surface area (Å²) in [5, 5.41) is 13.0. The number of thiazole rings is 1. The lowest BCUT2D eigenvalue weighted by atomic mass is 10.0. The molecule has 1 N–H and O–H groups in total. The Hall–Kier alpha value is -2.27. The second-order valence-electron chi connectivity index (χ2n) is 5.09. The first-order valence-electron chi connectivity index (χ1n) is 6.53. The van der Waals surface area contributed by atoms with Gasteiger partial charge in [0.25, 0.3) is 0 Å². The molecule has 0 bridgehead atoms. The Labute approximate surface area is 126 Å². The number of hydrogen-bond donors (Lipinski definition) is 1. The maximum absolute atomic E-state index is 11.6. The van der Waals surface area contributed by atoms with Crippen LogP contribution < -0.4 is 0 Å². The third-order valence-electron chi connectivity index (χ3n) is 3.36. The van der Waals surface area contributed by atoms with E-state index in [0.717, 1.165) is 27.3 Å². The molecular formula is C16H14N2O2S. The van der Waals surface area contributed by atoms with E-state index >= 15 is 0 Å². The van der Waals surface area contributed by atoms with Gasteiger partial charge in [0.1, 0.15) is 0 Å². The Morgan fingerprint density at radius 1 is 1.10 bits per heavy atom. The smallest absolute Gasteiger partial charge is 0.336 e. The Morgan fingerprint density at radius 3 is 2.48 bits per heavy atom. The van der Waals surface area contributed by atoms with Gasteiger partial charge in [-0.1, -0.05) is 11.6 Å². The van der Waals surface area contributed by atoms with Gasteiger partial charge in [-0.15, -0.1) is 11.3 Å². The first-order valence-corrected chi connectivity index (χ1v) is 7.41. The van der Waals surface area contributed by atoms with Crippen molar-refractivity contribution in [3.63, 3.8) is 0 Å². The van der Waals surface area contributed by atoms with Gasteiger partial charge >= 0.3 is 5.97 Å². The molecule has 0 radical (unpaired) electrons. The van der Waals surface area contributed by atoms with Crippen LogP contribution in [-0.2, 0) is 0 Å². The molecule has 5 heteroatoms. The van der Waals surface area contributed by atoms with Crippen LogP contribution in [0.15, 0.2) is 23.6 Å². The number of nitrogens with zero attached hydrogens (tertiary/aromatic N) is 2. The number of carboxylic acids is 1. The van der Waals surface area contributed by atoms with Crippen LogP contribution in [0.3, 0.4) is 0 Å². The lowest BCUT2D eigenvalue weighted by Crippen LogP contribution is -2.01. The number of fused-ring (bicyclic) bond motifs is 1. The molecule has 0 aliphatic rings. The Bertz CT molecular complexity index is 868. The second-order valence-corrected chi connectivity index (χ2v) is 6.15. The molecule has 1 aromatic carbocycles. The fourth-order valence-corrected chi connectivity index (χ4v) is 3.08. The molecule has 0 saturated heterocycles. The summed E-state index contributed by atoms with van der Waals surface area (Å²) in [5.74, 6) is -0.944. The van der Waals surface area contributed by atoms with Gasteiger partial charge in [0.05, 0.1) is 27.5 Å². The fourth-order valence-electron chi connectivity index (χ4n) is 2.47. The van der Waals surface area contributed by atoms with Gasteiger partial charge in [0.15, 0.2) is 0 Å². The fraction of sp³-hybridized carbons (Fsp3) is 0.188. The van der Waals surface area contributed by atoms with Crippen LogP contribution in [0.2, 0.25) is 0 Å². The van der Waals surface area contributed by atoms with Gasteiger partial charge in [-0.05, 0) is 38.5 Å². The summed E-state index contributed by atoms with van der Waals surface area (Å²) in [4.78, 5) is 20.6. The van der Waals surface area contributed by atoms with Crippen molar-refractivity contribution in [3.8, 4) is 11.4 Å². The Balaban J connectivity index is 2.37. The maximum atomic E-state index is 11.6. The van der Waals surface area contributed by atoms with E-state index < -0.39 is 5.97 Å². The minimum Gasteiger partial charge on any atom is -0.478 e. The number of aromatic nitrogens is 2. The van der Waals surface area contributed by atoms with Crippen molar-refractivity contribution >= 4 is 28.2 Å². The lowest BCUT2D eigenvalue weighted by molar-refractivity contribution is 0.0699. The average Bonchev–Trinajstić information content (AvgIpc) is 2.84. The SMILES string of the molecule is Cc1cc(C)c2nc(-c3csc(C)n3)cc(C(=O)O)c2c1. The molecule has 106 valence electrons. The zero-order valence-corrected chi connectivity index (χ0v) is 12.8. The van der Waals surface area contributed by atoms with E-state index in [0.29, 0.717) is 11.1 Å². The summed E-state index contributed by atoms with van der Waals surface area (Å²) in [7, 11) is 0. The second kappa shape index (κ2) is 4.93. The zero-order valence-electron chi connectivity index (χ0n) is 12.0. The van der Waals surface area contributed by atoms with Gasteiger partial charge in [0.2, 0.25) is 0 Å². The number of hydrogen-bond acceptors (Lipinski definition) is 4. The van der Waals surface area contributed by atoms with Crippen LogP contribution >= 0.6 is 11.3 Å². The number of carboxylic acid groups (broad SMARTS) is 1. The predicted molar refractivity (Wildman–Crippen MR) is 84.0 cm³/mol. The number of carbonyl (C=O) groups is 1. The molecule has 0 atom stereocenters. The summed E-state index contributed by atoms with van der Waals surface area (Å²) in [6.45, 7) is 5.82. The summed E-state index contributed by atoms with van der Waals surface area (Å²) in [5.41, 5.74) is 4.33. The van der Waals surface area contributed by atoms with E-state index in [1.807, 2.05) is 38.3 Å². The van der Waals surface area contributed by atoms with E-state index in [2.05, 4.69) is 9.97 Å². The van der Waals surface area contributed by atoms with E-state index in [-0.39, 0.29) is 5.56 Å². The first-order chi connectivity index (χ1) is 9.95. The number of aryl methyl sites for hydroxylation is 3. The topological polar surface area (TPSA) is 63.1 Å². The molecule has 0 unspecified atom stereocenters. The van der Waals surface area contributed by atoms with E-state index in [9.17, 15) is 9.90 Å². The summed E-state index contributed by atoms with van der Waals surface area (Å²) >= 11 is 1.53. The number of benzene rings is 1. The molecular weight excluding hydrogens is 284 g/mol. The third kappa shape index (κ3) is 2.40. The molecule has 3 rings (SSSR count). The summed E-state index contributed by atoms with van der Waals surface area (Å²) in [6, 6.07) is 5.49. The molecule has 0 aliphatic heterocycles. The van der Waals surface area contributed by atoms with Crippen LogP contribution in [0.1, 0.15) is 26.5 Å². The largest absolute Gasteiger partial charge is 0.478 e. The Kier molecular flexibility index (Phi) is 3.22. The van der Waals surface area contributed by atoms with Crippen molar-refractivity contribution in [1.29, 1.82) is 0 Å². The lowest BCUT2D eigenvalue weighted by Gasteiger charge is -2.09. The molecule has 21 heavy (non-hydrogen) atoms. The molecule has 0 amide bonds. The first kappa shape index (κ1) is 13.7. The van der Waals surface area contributed by atoms with Crippen LogP contribution in [0, 0.1) is 20.8 Å².